The fraction of sp³-hybridized carbons (Fsp3) is 0.242. The lowest BCUT2D eigenvalue weighted by molar-refractivity contribution is -0.136. The second-order valence-corrected chi connectivity index (χ2v) is 10.3. The SMILES string of the molecule is Cc1cc(C(=O)COC(=O)/C=C/c2cn(-c3ccccc3)nc2-c2cc3ccccc3o2)c(C)n1C[C@H]1CCCO1. The van der Waals surface area contributed by atoms with Gasteiger partial charge in [0, 0.05) is 53.3 Å². The molecule has 0 bridgehead atoms. The van der Waals surface area contributed by atoms with Crippen molar-refractivity contribution in [1.82, 2.24) is 14.3 Å². The first-order chi connectivity index (χ1) is 20.0. The van der Waals surface area contributed by atoms with Crippen LogP contribution < -0.4 is 0 Å². The molecule has 3 aromatic heterocycles. The highest BCUT2D eigenvalue weighted by Gasteiger charge is 2.22. The molecule has 8 nitrogen and oxygen atoms in total. The van der Waals surface area contributed by atoms with E-state index in [4.69, 9.17) is 19.0 Å². The maximum atomic E-state index is 13.0. The molecule has 4 heterocycles. The van der Waals surface area contributed by atoms with Crippen LogP contribution in [0.3, 0.4) is 0 Å². The first-order valence-corrected chi connectivity index (χ1v) is 13.8. The van der Waals surface area contributed by atoms with Crippen molar-refractivity contribution in [1.29, 1.82) is 0 Å². The lowest BCUT2D eigenvalue weighted by Crippen LogP contribution is -2.18. The fourth-order valence-electron chi connectivity index (χ4n) is 5.29. The minimum absolute atomic E-state index is 0.168. The summed E-state index contributed by atoms with van der Waals surface area (Å²) in [5.41, 5.74) is 5.29. The van der Waals surface area contributed by atoms with Gasteiger partial charge in [-0.05, 0) is 63.1 Å². The number of hydrogen-bond acceptors (Lipinski definition) is 6. The van der Waals surface area contributed by atoms with Crippen LogP contribution >= 0.6 is 0 Å². The fourth-order valence-corrected chi connectivity index (χ4v) is 5.29. The monoisotopic (exact) mass is 549 g/mol. The first kappa shape index (κ1) is 26.5. The van der Waals surface area contributed by atoms with E-state index in [1.54, 1.807) is 10.8 Å². The van der Waals surface area contributed by atoms with Gasteiger partial charge in [-0.25, -0.2) is 9.48 Å². The number of para-hydroxylation sites is 2. The Hall–Kier alpha value is -4.69. The Morgan fingerprint density at radius 1 is 1.07 bits per heavy atom. The van der Waals surface area contributed by atoms with Crippen molar-refractivity contribution in [3.05, 3.63) is 102 Å². The van der Waals surface area contributed by atoms with Gasteiger partial charge in [0.25, 0.3) is 0 Å². The Kier molecular flexibility index (Phi) is 7.39. The number of benzene rings is 2. The van der Waals surface area contributed by atoms with Crippen LogP contribution in [-0.4, -0.2) is 45.4 Å². The smallest absolute Gasteiger partial charge is 0.331 e. The summed E-state index contributed by atoms with van der Waals surface area (Å²) in [4.78, 5) is 25.6. The molecule has 1 aliphatic heterocycles. The number of aryl methyl sites for hydroxylation is 1. The van der Waals surface area contributed by atoms with E-state index < -0.39 is 5.97 Å². The second kappa shape index (κ2) is 11.4. The van der Waals surface area contributed by atoms with Crippen LogP contribution in [0, 0.1) is 13.8 Å². The maximum absolute atomic E-state index is 13.0. The number of nitrogens with zero attached hydrogens (tertiary/aromatic N) is 3. The summed E-state index contributed by atoms with van der Waals surface area (Å²) in [6, 6.07) is 21.2. The highest BCUT2D eigenvalue weighted by atomic mass is 16.5. The predicted octanol–water partition coefficient (Wildman–Crippen LogP) is 6.32. The average Bonchev–Trinajstić information content (AvgIpc) is 3.79. The van der Waals surface area contributed by atoms with Crippen LogP contribution in [0.15, 0.2) is 83.4 Å². The molecule has 208 valence electrons. The van der Waals surface area contributed by atoms with Gasteiger partial charge in [-0.3, -0.25) is 4.79 Å². The van der Waals surface area contributed by atoms with Crippen molar-refractivity contribution >= 4 is 28.8 Å². The number of aromatic nitrogens is 3. The molecule has 5 aromatic rings. The number of fused-ring (bicyclic) bond motifs is 1. The van der Waals surface area contributed by atoms with Gasteiger partial charge in [-0.1, -0.05) is 36.4 Å². The van der Waals surface area contributed by atoms with Crippen molar-refractivity contribution in [2.75, 3.05) is 13.2 Å². The summed E-state index contributed by atoms with van der Waals surface area (Å²) in [6.45, 7) is 5.06. The van der Waals surface area contributed by atoms with Crippen LogP contribution in [0.1, 0.15) is 40.2 Å². The molecule has 1 aliphatic rings. The summed E-state index contributed by atoms with van der Waals surface area (Å²) < 4.78 is 21.0. The molecule has 1 atom stereocenters. The number of Topliss-reactive ketones (excluding diaryl/α,β-unsaturated/α-hetero) is 1. The van der Waals surface area contributed by atoms with Crippen LogP contribution in [-0.2, 0) is 20.8 Å². The summed E-state index contributed by atoms with van der Waals surface area (Å²) in [7, 11) is 0. The predicted molar refractivity (Wildman–Crippen MR) is 156 cm³/mol. The van der Waals surface area contributed by atoms with Crippen molar-refractivity contribution in [2.45, 2.75) is 39.3 Å². The summed E-state index contributed by atoms with van der Waals surface area (Å²) in [6.07, 6.45) is 7.03. The van der Waals surface area contributed by atoms with Crippen LogP contribution in [0.5, 0.6) is 0 Å². The van der Waals surface area contributed by atoms with E-state index in [-0.39, 0.29) is 18.5 Å². The molecule has 2 aromatic carbocycles. The number of carbonyl (C=O) groups excluding carboxylic acids is 2. The molecule has 41 heavy (non-hydrogen) atoms. The largest absolute Gasteiger partial charge is 0.454 e. The normalized spacial score (nSPS) is 15.2. The Balaban J connectivity index is 1.18. The van der Waals surface area contributed by atoms with Crippen LogP contribution in [0.4, 0.5) is 0 Å². The highest BCUT2D eigenvalue weighted by molar-refractivity contribution is 6.00. The van der Waals surface area contributed by atoms with E-state index in [2.05, 4.69) is 4.57 Å². The Labute approximate surface area is 237 Å². The molecule has 0 saturated carbocycles. The van der Waals surface area contributed by atoms with E-state index in [0.29, 0.717) is 22.6 Å². The average molecular weight is 550 g/mol. The van der Waals surface area contributed by atoms with Crippen molar-refractivity contribution in [2.24, 2.45) is 0 Å². The van der Waals surface area contributed by atoms with E-state index in [0.717, 1.165) is 54.0 Å². The lowest BCUT2D eigenvalue weighted by atomic mass is 10.1. The molecular formula is C33H31N3O5. The van der Waals surface area contributed by atoms with E-state index in [9.17, 15) is 9.59 Å². The molecule has 0 aliphatic carbocycles. The minimum Gasteiger partial charge on any atom is -0.454 e. The number of ether oxygens (including phenoxy) is 2. The van der Waals surface area contributed by atoms with Gasteiger partial charge in [-0.2, -0.15) is 5.10 Å². The number of hydrogen-bond donors (Lipinski definition) is 0. The van der Waals surface area contributed by atoms with Gasteiger partial charge in [-0.15, -0.1) is 0 Å². The third kappa shape index (κ3) is 5.64. The maximum Gasteiger partial charge on any atom is 0.331 e. The molecule has 8 heteroatoms. The van der Waals surface area contributed by atoms with E-state index in [1.165, 1.54) is 6.08 Å². The van der Waals surface area contributed by atoms with Crippen molar-refractivity contribution < 1.29 is 23.5 Å². The molecule has 1 fully saturated rings. The summed E-state index contributed by atoms with van der Waals surface area (Å²) >= 11 is 0. The number of carbonyl (C=O) groups is 2. The third-order valence-electron chi connectivity index (χ3n) is 7.45. The standard InChI is InChI=1S/C33H31N3O5/c1-22-17-28(23(2)35(22)20-27-12-8-16-39-27)29(37)21-40-32(38)15-14-25-19-36(26-10-4-3-5-11-26)34-33(25)31-18-24-9-6-7-13-30(24)41-31/h3-7,9-11,13-15,17-19,27H,8,12,16,20-21H2,1-2H3/b15-14+/t27-/m1/s1. The van der Waals surface area contributed by atoms with Crippen LogP contribution in [0.25, 0.3) is 34.2 Å². The topological polar surface area (TPSA) is 88.5 Å². The van der Waals surface area contributed by atoms with Gasteiger partial charge >= 0.3 is 5.97 Å². The molecule has 0 radical (unpaired) electrons. The van der Waals surface area contributed by atoms with Gasteiger partial charge in [0.2, 0.25) is 5.78 Å². The van der Waals surface area contributed by atoms with E-state index >= 15 is 0 Å². The zero-order valence-electron chi connectivity index (χ0n) is 23.1. The molecule has 0 N–H and O–H groups in total. The summed E-state index contributed by atoms with van der Waals surface area (Å²) in [5, 5.41) is 5.71. The Bertz CT molecular complexity index is 1700. The molecule has 1 saturated heterocycles. The van der Waals surface area contributed by atoms with Crippen molar-refractivity contribution in [3.63, 3.8) is 0 Å². The number of esters is 1. The van der Waals surface area contributed by atoms with Gasteiger partial charge < -0.3 is 18.5 Å². The zero-order chi connectivity index (χ0) is 28.3. The molecular weight excluding hydrogens is 518 g/mol. The number of rotatable bonds is 9. The lowest BCUT2D eigenvalue weighted by Gasteiger charge is -2.14. The van der Waals surface area contributed by atoms with Crippen molar-refractivity contribution in [3.8, 4) is 17.1 Å². The first-order valence-electron chi connectivity index (χ1n) is 13.8. The van der Waals surface area contributed by atoms with Gasteiger partial charge in [0.15, 0.2) is 12.4 Å². The molecule has 0 amide bonds. The summed E-state index contributed by atoms with van der Waals surface area (Å²) in [5.74, 6) is -0.268. The molecule has 0 unspecified atom stereocenters. The molecule has 0 spiro atoms. The van der Waals surface area contributed by atoms with Gasteiger partial charge in [0.1, 0.15) is 11.3 Å². The highest BCUT2D eigenvalue weighted by Crippen LogP contribution is 2.30. The Morgan fingerprint density at radius 3 is 2.66 bits per heavy atom. The molecule has 6 rings (SSSR count). The number of ketones is 1. The van der Waals surface area contributed by atoms with E-state index in [1.807, 2.05) is 86.8 Å². The number of furan rings is 1. The quantitative estimate of drug-likeness (QED) is 0.121. The Morgan fingerprint density at radius 2 is 1.88 bits per heavy atom. The zero-order valence-corrected chi connectivity index (χ0v) is 23.1. The third-order valence-corrected chi connectivity index (χ3v) is 7.45. The minimum atomic E-state index is -0.616. The van der Waals surface area contributed by atoms with Crippen LogP contribution in [0.2, 0.25) is 0 Å². The van der Waals surface area contributed by atoms with Gasteiger partial charge in [0.05, 0.1) is 11.8 Å². The second-order valence-electron chi connectivity index (χ2n) is 10.3.